The van der Waals surface area contributed by atoms with E-state index in [1.54, 1.807) is 0 Å². The van der Waals surface area contributed by atoms with Gasteiger partial charge in [0.25, 0.3) is 0 Å². The zero-order valence-corrected chi connectivity index (χ0v) is 10.3. The number of rotatable bonds is 7. The molecule has 0 spiro atoms. The summed E-state index contributed by atoms with van der Waals surface area (Å²) in [6.45, 7) is 8.95. The summed E-state index contributed by atoms with van der Waals surface area (Å²) in [6.07, 6.45) is 0.755. The molecule has 0 heterocycles. The molecule has 0 aromatic rings. The number of carbonyl (C=O) groups excluding carboxylic acids is 1. The number of hydrogen-bond donors (Lipinski definition) is 2. The molecule has 1 atom stereocenters. The summed E-state index contributed by atoms with van der Waals surface area (Å²) in [7, 11) is 0. The van der Waals surface area contributed by atoms with Crippen molar-refractivity contribution in [2.75, 3.05) is 6.61 Å². The van der Waals surface area contributed by atoms with Crippen molar-refractivity contribution in [2.24, 2.45) is 5.41 Å². The second-order valence-corrected chi connectivity index (χ2v) is 4.85. The molecule has 0 fully saturated rings. The molecule has 2 N–H and O–H groups in total. The molecule has 0 rings (SSSR count). The van der Waals surface area contributed by atoms with Crippen LogP contribution in [0.15, 0.2) is 12.2 Å². The van der Waals surface area contributed by atoms with Crippen molar-refractivity contribution >= 4 is 5.97 Å². The topological polar surface area (TPSA) is 66.8 Å². The molecule has 4 heteroatoms. The second kappa shape index (κ2) is 6.66. The first-order chi connectivity index (χ1) is 7.28. The largest absolute Gasteiger partial charge is 0.433 e. The Labute approximate surface area is 96.9 Å². The molecule has 1 unspecified atom stereocenters. The molecule has 0 aliphatic rings. The van der Waals surface area contributed by atoms with Crippen LogP contribution in [0.2, 0.25) is 0 Å². The minimum Gasteiger partial charge on any atom is -0.433 e. The molecule has 0 aromatic carbocycles. The van der Waals surface area contributed by atoms with Crippen LogP contribution in [0, 0.1) is 5.41 Å². The zero-order chi connectivity index (χ0) is 12.8. The summed E-state index contributed by atoms with van der Waals surface area (Å²) < 4.78 is 4.71. The molecule has 0 aromatic heterocycles. The van der Waals surface area contributed by atoms with Gasteiger partial charge in [-0.15, -0.1) is 0 Å². The van der Waals surface area contributed by atoms with Gasteiger partial charge in [0, 0.05) is 18.6 Å². The van der Waals surface area contributed by atoms with Gasteiger partial charge in [0.15, 0.2) is 0 Å². The van der Waals surface area contributed by atoms with Gasteiger partial charge >= 0.3 is 5.97 Å². The van der Waals surface area contributed by atoms with Crippen LogP contribution >= 0.6 is 0 Å². The van der Waals surface area contributed by atoms with Crippen LogP contribution in [0.1, 0.15) is 40.0 Å². The number of ether oxygens (including phenoxy) is 1. The van der Waals surface area contributed by atoms with E-state index >= 15 is 0 Å². The van der Waals surface area contributed by atoms with Gasteiger partial charge in [0.2, 0.25) is 6.29 Å². The van der Waals surface area contributed by atoms with E-state index in [-0.39, 0.29) is 17.6 Å². The normalized spacial score (nSPS) is 13.3. The quantitative estimate of drug-likeness (QED) is 0.396. The van der Waals surface area contributed by atoms with E-state index < -0.39 is 12.3 Å². The lowest BCUT2D eigenvalue weighted by atomic mass is 9.88. The smallest absolute Gasteiger partial charge is 0.335 e. The fraction of sp³-hybridized carbons (Fsp3) is 0.750. The number of aliphatic hydroxyl groups excluding tert-OH is 2. The highest BCUT2D eigenvalue weighted by Gasteiger charge is 2.18. The second-order valence-electron chi connectivity index (χ2n) is 4.85. The average Bonchev–Trinajstić information content (AvgIpc) is 2.17. The Morgan fingerprint density at radius 3 is 2.50 bits per heavy atom. The Hall–Kier alpha value is -0.870. The fourth-order valence-corrected chi connectivity index (χ4v) is 1.12. The minimum absolute atomic E-state index is 0.106. The molecule has 0 radical (unpaired) electrons. The van der Waals surface area contributed by atoms with Crippen molar-refractivity contribution in [3.05, 3.63) is 12.2 Å². The number of carbonyl (C=O) groups is 1. The van der Waals surface area contributed by atoms with Gasteiger partial charge in [-0.2, -0.15) is 0 Å². The molecule has 0 aliphatic heterocycles. The van der Waals surface area contributed by atoms with Crippen molar-refractivity contribution in [3.8, 4) is 0 Å². The summed E-state index contributed by atoms with van der Waals surface area (Å²) in [6, 6.07) is 0. The van der Waals surface area contributed by atoms with Gasteiger partial charge in [-0.05, 0) is 25.2 Å². The van der Waals surface area contributed by atoms with Gasteiger partial charge in [-0.3, -0.25) is 0 Å². The van der Waals surface area contributed by atoms with E-state index in [1.807, 2.05) is 13.8 Å². The Bertz CT molecular complexity index is 245. The average molecular weight is 230 g/mol. The van der Waals surface area contributed by atoms with E-state index in [9.17, 15) is 9.90 Å². The standard InChI is InChI=1S/C12H22O4/c1-9(2)11(15)16-10(14)6-5-7-12(3,4)8-13/h10,13-14H,1,5-8H2,2-4H3. The van der Waals surface area contributed by atoms with Crippen molar-refractivity contribution in [1.29, 1.82) is 0 Å². The highest BCUT2D eigenvalue weighted by molar-refractivity contribution is 5.86. The Kier molecular flexibility index (Phi) is 6.29. The number of hydrogen-bond acceptors (Lipinski definition) is 4. The Balaban J connectivity index is 3.78. The first-order valence-corrected chi connectivity index (χ1v) is 5.44. The van der Waals surface area contributed by atoms with Gasteiger partial charge < -0.3 is 14.9 Å². The third kappa shape index (κ3) is 6.58. The molecule has 0 aliphatic carbocycles. The van der Waals surface area contributed by atoms with Crippen LogP contribution in [0.25, 0.3) is 0 Å². The van der Waals surface area contributed by atoms with Gasteiger partial charge in [0.1, 0.15) is 0 Å². The molecule has 0 saturated heterocycles. The molecule has 94 valence electrons. The summed E-state index contributed by atoms with van der Waals surface area (Å²) in [4.78, 5) is 11.0. The lowest BCUT2D eigenvalue weighted by Gasteiger charge is -2.21. The lowest BCUT2D eigenvalue weighted by Crippen LogP contribution is -2.20. The SMILES string of the molecule is C=C(C)C(=O)OC(O)CCCC(C)(C)CO. The Morgan fingerprint density at radius 1 is 1.50 bits per heavy atom. The van der Waals surface area contributed by atoms with Gasteiger partial charge in [0.05, 0.1) is 0 Å². The molecule has 0 bridgehead atoms. The molecular weight excluding hydrogens is 208 g/mol. The molecule has 0 amide bonds. The first-order valence-electron chi connectivity index (χ1n) is 5.44. The van der Waals surface area contributed by atoms with Gasteiger partial charge in [-0.25, -0.2) is 4.79 Å². The number of esters is 1. The molecule has 0 saturated carbocycles. The summed E-state index contributed by atoms with van der Waals surface area (Å²) >= 11 is 0. The van der Waals surface area contributed by atoms with E-state index in [2.05, 4.69) is 6.58 Å². The van der Waals surface area contributed by atoms with Crippen molar-refractivity contribution in [3.63, 3.8) is 0 Å². The maximum Gasteiger partial charge on any atom is 0.335 e. The molecular formula is C12H22O4. The van der Waals surface area contributed by atoms with E-state index in [4.69, 9.17) is 9.84 Å². The third-order valence-electron chi connectivity index (χ3n) is 2.32. The summed E-state index contributed by atoms with van der Waals surface area (Å²) in [5, 5.41) is 18.4. The monoisotopic (exact) mass is 230 g/mol. The minimum atomic E-state index is -1.08. The van der Waals surface area contributed by atoms with Crippen LogP contribution in [-0.4, -0.2) is 29.1 Å². The van der Waals surface area contributed by atoms with Crippen molar-refractivity contribution in [1.82, 2.24) is 0 Å². The van der Waals surface area contributed by atoms with Crippen LogP contribution in [0.3, 0.4) is 0 Å². The first kappa shape index (κ1) is 15.1. The fourth-order valence-electron chi connectivity index (χ4n) is 1.12. The van der Waals surface area contributed by atoms with Crippen molar-refractivity contribution in [2.45, 2.75) is 46.3 Å². The Morgan fingerprint density at radius 2 is 2.06 bits per heavy atom. The predicted molar refractivity (Wildman–Crippen MR) is 61.6 cm³/mol. The highest BCUT2D eigenvalue weighted by Crippen LogP contribution is 2.22. The highest BCUT2D eigenvalue weighted by atomic mass is 16.6. The maximum atomic E-state index is 11.0. The zero-order valence-electron chi connectivity index (χ0n) is 10.3. The third-order valence-corrected chi connectivity index (χ3v) is 2.32. The van der Waals surface area contributed by atoms with Crippen molar-refractivity contribution < 1.29 is 19.7 Å². The van der Waals surface area contributed by atoms with Crippen LogP contribution < -0.4 is 0 Å². The molecule has 16 heavy (non-hydrogen) atoms. The van der Waals surface area contributed by atoms with Crippen LogP contribution in [-0.2, 0) is 9.53 Å². The molecule has 4 nitrogen and oxygen atoms in total. The summed E-state index contributed by atoms with van der Waals surface area (Å²) in [5.74, 6) is -0.575. The van der Waals surface area contributed by atoms with Crippen LogP contribution in [0.5, 0.6) is 0 Å². The van der Waals surface area contributed by atoms with Gasteiger partial charge in [-0.1, -0.05) is 20.4 Å². The van der Waals surface area contributed by atoms with Crippen LogP contribution in [0.4, 0.5) is 0 Å². The van der Waals surface area contributed by atoms with E-state index in [1.165, 1.54) is 6.92 Å². The summed E-state index contributed by atoms with van der Waals surface area (Å²) in [5.41, 5.74) is 0.118. The van der Waals surface area contributed by atoms with E-state index in [0.29, 0.717) is 12.8 Å². The lowest BCUT2D eigenvalue weighted by molar-refractivity contribution is -0.164. The maximum absolute atomic E-state index is 11.0. The number of aliphatic hydroxyl groups is 2. The predicted octanol–water partition coefficient (Wildman–Crippen LogP) is 1.61. The van der Waals surface area contributed by atoms with E-state index in [0.717, 1.165) is 6.42 Å².